The zero-order valence-electron chi connectivity index (χ0n) is 11.0. The Balaban J connectivity index is 3.12. The number of amides is 1. The van der Waals surface area contributed by atoms with Crippen LogP contribution in [0, 0.1) is 0 Å². The number of carbonyl (C=O) groups excluding carboxylic acids is 1. The van der Waals surface area contributed by atoms with Gasteiger partial charge in [0.25, 0.3) is 0 Å². The van der Waals surface area contributed by atoms with Crippen LogP contribution in [0.1, 0.15) is 19.2 Å². The Labute approximate surface area is 119 Å². The largest absolute Gasteiger partial charge is 0.451 e. The molecule has 1 amide bonds. The van der Waals surface area contributed by atoms with Crippen LogP contribution in [-0.2, 0) is 11.0 Å². The zero-order chi connectivity index (χ0) is 15.3. The predicted molar refractivity (Wildman–Crippen MR) is 68.6 cm³/mol. The Bertz CT molecular complexity index is 481. The fourth-order valence-electron chi connectivity index (χ4n) is 1.49. The van der Waals surface area contributed by atoms with Crippen LogP contribution in [0.4, 0.5) is 19.0 Å². The second-order valence-electron chi connectivity index (χ2n) is 3.96. The van der Waals surface area contributed by atoms with Crippen molar-refractivity contribution in [1.82, 2.24) is 15.3 Å². The van der Waals surface area contributed by atoms with E-state index in [0.29, 0.717) is 13.0 Å². The first-order valence-corrected chi connectivity index (χ1v) is 6.23. The molecule has 9 heteroatoms. The molecule has 0 aromatic carbocycles. The van der Waals surface area contributed by atoms with Gasteiger partial charge >= 0.3 is 6.18 Å². The molecule has 0 bridgehead atoms. The molecule has 0 radical (unpaired) electrons. The molecule has 0 unspecified atom stereocenters. The number of aromatic nitrogens is 2. The number of likely N-dealkylation sites (N-methyl/N-ethyl adjacent to an activating group) is 1. The summed E-state index contributed by atoms with van der Waals surface area (Å²) in [6, 6.07) is 1.20. The minimum atomic E-state index is -4.69. The SMILES string of the molecule is CCCN(CC(=O)NC)c1cc(Cl)nc(C(F)(F)F)n1. The lowest BCUT2D eigenvalue weighted by atomic mass is 10.3. The molecule has 20 heavy (non-hydrogen) atoms. The molecular weight excluding hydrogens is 297 g/mol. The van der Waals surface area contributed by atoms with Gasteiger partial charge in [-0.3, -0.25) is 4.79 Å². The first-order valence-electron chi connectivity index (χ1n) is 5.85. The molecule has 1 N–H and O–H groups in total. The van der Waals surface area contributed by atoms with Crippen molar-refractivity contribution in [3.63, 3.8) is 0 Å². The van der Waals surface area contributed by atoms with Gasteiger partial charge in [-0.05, 0) is 6.42 Å². The zero-order valence-corrected chi connectivity index (χ0v) is 11.7. The van der Waals surface area contributed by atoms with Crippen molar-refractivity contribution in [2.45, 2.75) is 19.5 Å². The number of halogens is 4. The molecule has 5 nitrogen and oxygen atoms in total. The maximum atomic E-state index is 12.6. The van der Waals surface area contributed by atoms with E-state index < -0.39 is 12.0 Å². The van der Waals surface area contributed by atoms with Gasteiger partial charge < -0.3 is 10.2 Å². The summed E-state index contributed by atoms with van der Waals surface area (Å²) in [5, 5.41) is 2.08. The van der Waals surface area contributed by atoms with E-state index in [1.54, 1.807) is 0 Å². The summed E-state index contributed by atoms with van der Waals surface area (Å²) >= 11 is 5.59. The van der Waals surface area contributed by atoms with Crippen molar-refractivity contribution in [2.75, 3.05) is 25.0 Å². The van der Waals surface area contributed by atoms with Gasteiger partial charge in [0.15, 0.2) is 0 Å². The highest BCUT2D eigenvalue weighted by Gasteiger charge is 2.35. The predicted octanol–water partition coefficient (Wildman–Crippen LogP) is 2.11. The summed E-state index contributed by atoms with van der Waals surface area (Å²) in [5.74, 6) is -1.68. The summed E-state index contributed by atoms with van der Waals surface area (Å²) in [6.07, 6.45) is -4.05. The number of nitrogens with one attached hydrogen (secondary N) is 1. The Kier molecular flexibility index (Phi) is 5.55. The molecule has 0 aliphatic rings. The van der Waals surface area contributed by atoms with E-state index in [9.17, 15) is 18.0 Å². The molecule has 0 aliphatic carbocycles. The number of carbonyl (C=O) groups is 1. The van der Waals surface area contributed by atoms with Gasteiger partial charge in [0.05, 0.1) is 6.54 Å². The van der Waals surface area contributed by atoms with Gasteiger partial charge in [-0.15, -0.1) is 0 Å². The van der Waals surface area contributed by atoms with Crippen LogP contribution >= 0.6 is 11.6 Å². The highest BCUT2D eigenvalue weighted by atomic mass is 35.5. The number of hydrogen-bond acceptors (Lipinski definition) is 4. The van der Waals surface area contributed by atoms with Crippen LogP contribution in [-0.4, -0.2) is 36.0 Å². The number of alkyl halides is 3. The smallest absolute Gasteiger partial charge is 0.358 e. The van der Waals surface area contributed by atoms with E-state index in [1.807, 2.05) is 6.92 Å². The molecular formula is C11H14ClF3N4O. The lowest BCUT2D eigenvalue weighted by molar-refractivity contribution is -0.144. The Morgan fingerprint density at radius 2 is 2.10 bits per heavy atom. The molecule has 1 aromatic rings. The van der Waals surface area contributed by atoms with Crippen LogP contribution in [0.3, 0.4) is 0 Å². The molecule has 0 saturated carbocycles. The fourth-order valence-corrected chi connectivity index (χ4v) is 1.67. The van der Waals surface area contributed by atoms with Gasteiger partial charge in [-0.2, -0.15) is 13.2 Å². The van der Waals surface area contributed by atoms with E-state index in [1.165, 1.54) is 18.0 Å². The summed E-state index contributed by atoms with van der Waals surface area (Å²) < 4.78 is 37.9. The Morgan fingerprint density at radius 3 is 2.60 bits per heavy atom. The average Bonchev–Trinajstić information content (AvgIpc) is 2.36. The topological polar surface area (TPSA) is 58.1 Å². The van der Waals surface area contributed by atoms with Crippen LogP contribution in [0.5, 0.6) is 0 Å². The maximum Gasteiger partial charge on any atom is 0.451 e. The van der Waals surface area contributed by atoms with Crippen molar-refractivity contribution < 1.29 is 18.0 Å². The summed E-state index contributed by atoms with van der Waals surface area (Å²) in [4.78, 5) is 19.4. The first kappa shape index (κ1) is 16.5. The van der Waals surface area contributed by atoms with E-state index in [0.717, 1.165) is 0 Å². The molecule has 0 spiro atoms. The normalized spacial score (nSPS) is 11.3. The monoisotopic (exact) mass is 310 g/mol. The quantitative estimate of drug-likeness (QED) is 0.846. The van der Waals surface area contributed by atoms with E-state index >= 15 is 0 Å². The van der Waals surface area contributed by atoms with E-state index in [-0.39, 0.29) is 23.4 Å². The maximum absolute atomic E-state index is 12.6. The first-order chi connectivity index (χ1) is 9.27. The van der Waals surface area contributed by atoms with Crippen molar-refractivity contribution >= 4 is 23.3 Å². The fraction of sp³-hybridized carbons (Fsp3) is 0.545. The second kappa shape index (κ2) is 6.74. The van der Waals surface area contributed by atoms with Crippen molar-refractivity contribution in [1.29, 1.82) is 0 Å². The van der Waals surface area contributed by atoms with E-state index in [2.05, 4.69) is 15.3 Å². The Morgan fingerprint density at radius 1 is 1.45 bits per heavy atom. The van der Waals surface area contributed by atoms with Crippen LogP contribution in [0.2, 0.25) is 5.15 Å². The molecule has 112 valence electrons. The summed E-state index contributed by atoms with van der Waals surface area (Å²) in [7, 11) is 1.44. The lowest BCUT2D eigenvalue weighted by Crippen LogP contribution is -2.37. The van der Waals surface area contributed by atoms with Crippen LogP contribution < -0.4 is 10.2 Å². The van der Waals surface area contributed by atoms with E-state index in [4.69, 9.17) is 11.6 Å². The molecule has 1 aromatic heterocycles. The third-order valence-electron chi connectivity index (χ3n) is 2.37. The Hall–Kier alpha value is -1.57. The number of anilines is 1. The third kappa shape index (κ3) is 4.52. The van der Waals surface area contributed by atoms with Crippen molar-refractivity contribution in [3.05, 3.63) is 17.0 Å². The molecule has 1 heterocycles. The highest BCUT2D eigenvalue weighted by Crippen LogP contribution is 2.29. The minimum Gasteiger partial charge on any atom is -0.358 e. The molecule has 0 fully saturated rings. The number of rotatable bonds is 5. The molecule has 0 aliphatic heterocycles. The molecule has 1 rings (SSSR count). The number of nitrogens with zero attached hydrogens (tertiary/aromatic N) is 3. The second-order valence-corrected chi connectivity index (χ2v) is 4.35. The van der Waals surface area contributed by atoms with Crippen molar-refractivity contribution in [3.8, 4) is 0 Å². The standard InChI is InChI=1S/C11H14ClF3N4O/c1-3-4-19(6-9(20)16-2)8-5-7(12)17-10(18-8)11(13,14)15/h5H,3-4,6H2,1-2H3,(H,16,20). The van der Waals surface area contributed by atoms with Crippen molar-refractivity contribution in [2.24, 2.45) is 0 Å². The van der Waals surface area contributed by atoms with Gasteiger partial charge in [-0.25, -0.2) is 9.97 Å². The molecule has 0 saturated heterocycles. The van der Waals surface area contributed by atoms with Crippen LogP contribution in [0.25, 0.3) is 0 Å². The number of hydrogen-bond donors (Lipinski definition) is 1. The van der Waals surface area contributed by atoms with Gasteiger partial charge in [0.2, 0.25) is 11.7 Å². The van der Waals surface area contributed by atoms with Crippen LogP contribution in [0.15, 0.2) is 6.07 Å². The highest BCUT2D eigenvalue weighted by molar-refractivity contribution is 6.29. The van der Waals surface area contributed by atoms with Gasteiger partial charge in [0.1, 0.15) is 11.0 Å². The lowest BCUT2D eigenvalue weighted by Gasteiger charge is -2.22. The minimum absolute atomic E-state index is 0.0252. The molecule has 0 atom stereocenters. The van der Waals surface area contributed by atoms with Gasteiger partial charge in [0, 0.05) is 19.7 Å². The summed E-state index contributed by atoms with van der Waals surface area (Å²) in [6.45, 7) is 2.11. The van der Waals surface area contributed by atoms with Gasteiger partial charge in [-0.1, -0.05) is 18.5 Å². The summed E-state index contributed by atoms with van der Waals surface area (Å²) in [5.41, 5.74) is 0. The third-order valence-corrected chi connectivity index (χ3v) is 2.56. The average molecular weight is 311 g/mol.